The Morgan fingerprint density at radius 3 is 1.40 bits per heavy atom. The van der Waals surface area contributed by atoms with E-state index >= 15 is 0 Å². The Hall–Kier alpha value is 2.10. The molecule has 36 valence electrons. The van der Waals surface area contributed by atoms with E-state index in [0.717, 1.165) is 0 Å². The van der Waals surface area contributed by atoms with Crippen molar-refractivity contribution in [3.63, 3.8) is 0 Å². The van der Waals surface area contributed by atoms with Crippen LogP contribution in [0.25, 0.3) is 0 Å². The fourth-order valence-electron chi connectivity index (χ4n) is 0. The van der Waals surface area contributed by atoms with Crippen LogP contribution in [0.2, 0.25) is 0 Å². The summed E-state index contributed by atoms with van der Waals surface area (Å²) in [5.74, 6) is 0. The molecule has 0 aliphatic carbocycles. The Balaban J connectivity index is 0. The van der Waals surface area contributed by atoms with E-state index in [0.29, 0.717) is 0 Å². The summed E-state index contributed by atoms with van der Waals surface area (Å²) in [7, 11) is 2.25. The van der Waals surface area contributed by atoms with Gasteiger partial charge in [0.25, 0.3) is 0 Å². The van der Waals surface area contributed by atoms with Crippen LogP contribution in [0.3, 0.4) is 0 Å². The van der Waals surface area contributed by atoms with E-state index in [1.54, 1.807) is 0 Å². The summed E-state index contributed by atoms with van der Waals surface area (Å²) < 4.78 is 0. The molecule has 0 heterocycles. The standard InChI is InChI=1S/Cl2H2P2.Pd/c1-4(2)3;/h3H2;. The summed E-state index contributed by atoms with van der Waals surface area (Å²) in [6.07, 6.45) is -0.759. The van der Waals surface area contributed by atoms with Gasteiger partial charge in [0.1, 0.15) is 6.32 Å². The molecule has 0 bridgehead atoms. The Morgan fingerprint density at radius 1 is 1.40 bits per heavy atom. The topological polar surface area (TPSA) is 0 Å². The van der Waals surface area contributed by atoms with Gasteiger partial charge in [-0.25, -0.2) is 0 Å². The van der Waals surface area contributed by atoms with Crippen LogP contribution < -0.4 is 0 Å². The van der Waals surface area contributed by atoms with Crippen molar-refractivity contribution in [3.8, 4) is 0 Å². The molecule has 0 rings (SSSR count). The fraction of sp³-hybridized carbons (Fsp3) is 0. The third-order valence-electron chi connectivity index (χ3n) is 0. The summed E-state index contributed by atoms with van der Waals surface area (Å²) >= 11 is 10.1. The Labute approximate surface area is 58.1 Å². The number of halogens is 2. The van der Waals surface area contributed by atoms with Crippen molar-refractivity contribution in [2.24, 2.45) is 0 Å². The van der Waals surface area contributed by atoms with Gasteiger partial charge in [-0.1, -0.05) is 31.4 Å². The molecule has 0 aliphatic heterocycles. The van der Waals surface area contributed by atoms with Crippen LogP contribution in [0.5, 0.6) is 0 Å². The molecule has 5 heavy (non-hydrogen) atoms. The molecule has 0 aromatic carbocycles. The largest absolute Gasteiger partial charge is 0.103 e. The number of hydrogen-bond acceptors (Lipinski definition) is 0. The molecule has 0 aromatic heterocycles. The SMILES string of the molecule is PP(Cl)Cl.[Pd]. The van der Waals surface area contributed by atoms with Gasteiger partial charge in [0.05, 0.1) is 0 Å². The van der Waals surface area contributed by atoms with Crippen molar-refractivity contribution < 1.29 is 20.4 Å². The van der Waals surface area contributed by atoms with E-state index in [-0.39, 0.29) is 20.4 Å². The zero-order chi connectivity index (χ0) is 3.58. The number of rotatable bonds is 0. The van der Waals surface area contributed by atoms with Crippen LogP contribution in [0.4, 0.5) is 0 Å². The molecule has 0 nitrogen and oxygen atoms in total. The van der Waals surface area contributed by atoms with Crippen LogP contribution in [0.1, 0.15) is 0 Å². The molecular formula is H2Cl2P2Pd. The fourth-order valence-corrected chi connectivity index (χ4v) is 0. The quantitative estimate of drug-likeness (QED) is 0.451. The van der Waals surface area contributed by atoms with Crippen molar-refractivity contribution in [2.45, 2.75) is 0 Å². The maximum absolute atomic E-state index is 5.07. The van der Waals surface area contributed by atoms with Crippen LogP contribution in [-0.2, 0) is 20.4 Å². The minimum Gasteiger partial charge on any atom is -0.0788 e. The first-order valence-corrected chi connectivity index (χ1v) is 5.37. The van der Waals surface area contributed by atoms with Gasteiger partial charge >= 0.3 is 0 Å². The second kappa shape index (κ2) is 6.10. The van der Waals surface area contributed by atoms with Crippen molar-refractivity contribution in [1.29, 1.82) is 0 Å². The molecule has 0 aromatic rings. The van der Waals surface area contributed by atoms with Gasteiger partial charge < -0.3 is 0 Å². The van der Waals surface area contributed by atoms with Gasteiger partial charge in [-0.3, -0.25) is 0 Å². The van der Waals surface area contributed by atoms with Crippen LogP contribution in [-0.4, -0.2) is 0 Å². The normalized spacial score (nSPS) is 7.20. The predicted molar refractivity (Wildman–Crippen MR) is 28.3 cm³/mol. The molecule has 0 saturated carbocycles. The maximum Gasteiger partial charge on any atom is 0.103 e. The minimum atomic E-state index is -0.759. The summed E-state index contributed by atoms with van der Waals surface area (Å²) in [5, 5.41) is 0. The van der Waals surface area contributed by atoms with Crippen LogP contribution in [0, 0.1) is 0 Å². The van der Waals surface area contributed by atoms with Crippen LogP contribution >= 0.6 is 37.7 Å². The first-order chi connectivity index (χ1) is 1.73. The molecule has 0 saturated heterocycles. The zero-order valence-electron chi connectivity index (χ0n) is 2.10. The van der Waals surface area contributed by atoms with Crippen molar-refractivity contribution in [1.82, 2.24) is 0 Å². The van der Waals surface area contributed by atoms with Gasteiger partial charge in [0.2, 0.25) is 0 Å². The van der Waals surface area contributed by atoms with Gasteiger partial charge in [-0.05, 0) is 0 Å². The molecule has 0 N–H and O–H groups in total. The van der Waals surface area contributed by atoms with E-state index < -0.39 is 6.32 Å². The average molecular weight is 241 g/mol. The van der Waals surface area contributed by atoms with Gasteiger partial charge in [0, 0.05) is 20.4 Å². The van der Waals surface area contributed by atoms with Crippen molar-refractivity contribution in [2.75, 3.05) is 0 Å². The molecule has 5 heteroatoms. The minimum absolute atomic E-state index is 0. The van der Waals surface area contributed by atoms with E-state index in [1.807, 2.05) is 0 Å². The third-order valence-corrected chi connectivity index (χ3v) is 0. The molecule has 1 unspecified atom stereocenters. The molecule has 0 radical (unpaired) electrons. The molecule has 0 aliphatic rings. The molecular weight excluding hydrogens is 239 g/mol. The Morgan fingerprint density at radius 2 is 1.40 bits per heavy atom. The zero-order valence-corrected chi connectivity index (χ0v) is 7.21. The average Bonchev–Trinajstić information content (AvgIpc) is 0.811. The Kier molecular flexibility index (Phi) is 12.4. The van der Waals surface area contributed by atoms with E-state index in [9.17, 15) is 0 Å². The van der Waals surface area contributed by atoms with E-state index in [1.165, 1.54) is 0 Å². The van der Waals surface area contributed by atoms with Crippen molar-refractivity contribution >= 4 is 37.7 Å². The van der Waals surface area contributed by atoms with E-state index in [2.05, 4.69) is 8.93 Å². The smallest absolute Gasteiger partial charge is 0.0788 e. The van der Waals surface area contributed by atoms with Gasteiger partial charge in [-0.2, -0.15) is 0 Å². The van der Waals surface area contributed by atoms with Gasteiger partial charge in [-0.15, -0.1) is 0 Å². The predicted octanol–water partition coefficient (Wildman–Crippen LogP) is 2.56. The first kappa shape index (κ1) is 10.2. The Bertz CT molecular complexity index is 12.4. The third kappa shape index (κ3) is 23.2. The number of hydrogen-bond donors (Lipinski definition) is 0. The van der Waals surface area contributed by atoms with E-state index in [4.69, 9.17) is 22.5 Å². The molecule has 0 fully saturated rings. The summed E-state index contributed by atoms with van der Waals surface area (Å²) in [4.78, 5) is 0. The first-order valence-electron chi connectivity index (χ1n) is 0.596. The second-order valence-electron chi connectivity index (χ2n) is 0.259. The molecule has 1 atom stereocenters. The van der Waals surface area contributed by atoms with Crippen LogP contribution in [0.15, 0.2) is 0 Å². The molecule has 0 amide bonds. The summed E-state index contributed by atoms with van der Waals surface area (Å²) in [5.41, 5.74) is 0. The molecule has 0 spiro atoms. The summed E-state index contributed by atoms with van der Waals surface area (Å²) in [6, 6.07) is 0. The maximum atomic E-state index is 5.07. The summed E-state index contributed by atoms with van der Waals surface area (Å²) in [6.45, 7) is 0. The monoisotopic (exact) mass is 240 g/mol. The van der Waals surface area contributed by atoms with Gasteiger partial charge in [0.15, 0.2) is 0 Å². The second-order valence-corrected chi connectivity index (χ2v) is 6.99. The van der Waals surface area contributed by atoms with Crippen molar-refractivity contribution in [3.05, 3.63) is 0 Å².